The average Bonchev–Trinajstić information content (AvgIpc) is 3.28. The third-order valence-electron chi connectivity index (χ3n) is 4.41. The maximum Gasteiger partial charge on any atom is 0.189 e. The number of thiazole rings is 1. The molecule has 0 radical (unpaired) electrons. The standard InChI is InChI=1S/C18H25N5S/c1-2-23-10-6-9-16(23)12-21-18(19)20-11-15-13-24-17(22-15)14-7-4-3-5-8-14/h3-5,7-8,13,16H,2,6,9-12H2,1H3,(H3,19,20,21). The largest absolute Gasteiger partial charge is 0.370 e. The van der Waals surface area contributed by atoms with Crippen LogP contribution in [0.5, 0.6) is 0 Å². The van der Waals surface area contributed by atoms with Gasteiger partial charge in [0.15, 0.2) is 5.96 Å². The summed E-state index contributed by atoms with van der Waals surface area (Å²) in [6.45, 7) is 5.90. The van der Waals surface area contributed by atoms with Gasteiger partial charge in [-0.05, 0) is 25.9 Å². The van der Waals surface area contributed by atoms with Crippen molar-refractivity contribution in [2.75, 3.05) is 19.6 Å². The number of aliphatic imine (C=N–C) groups is 1. The highest BCUT2D eigenvalue weighted by Crippen LogP contribution is 2.23. The van der Waals surface area contributed by atoms with E-state index in [4.69, 9.17) is 5.73 Å². The van der Waals surface area contributed by atoms with E-state index in [1.165, 1.54) is 19.4 Å². The number of aromatic nitrogens is 1. The van der Waals surface area contributed by atoms with Gasteiger partial charge >= 0.3 is 0 Å². The van der Waals surface area contributed by atoms with E-state index in [1.54, 1.807) is 11.3 Å². The van der Waals surface area contributed by atoms with E-state index in [9.17, 15) is 0 Å². The molecule has 1 atom stereocenters. The molecule has 0 spiro atoms. The van der Waals surface area contributed by atoms with Crippen molar-refractivity contribution in [2.45, 2.75) is 32.4 Å². The number of hydrogen-bond acceptors (Lipinski definition) is 4. The summed E-state index contributed by atoms with van der Waals surface area (Å²) in [5, 5.41) is 6.33. The Balaban J connectivity index is 1.51. The normalized spacial score (nSPS) is 18.9. The summed E-state index contributed by atoms with van der Waals surface area (Å²) in [6.07, 6.45) is 2.51. The second-order valence-electron chi connectivity index (χ2n) is 6.02. The van der Waals surface area contributed by atoms with Gasteiger partial charge in [-0.3, -0.25) is 4.90 Å². The SMILES string of the molecule is CCN1CCCC1CNC(N)=NCc1csc(-c2ccccc2)n1. The number of nitrogens with zero attached hydrogens (tertiary/aromatic N) is 3. The number of nitrogens with one attached hydrogen (secondary N) is 1. The van der Waals surface area contributed by atoms with E-state index >= 15 is 0 Å². The van der Waals surface area contributed by atoms with Gasteiger partial charge < -0.3 is 11.1 Å². The first-order valence-corrected chi connectivity index (χ1v) is 9.42. The maximum atomic E-state index is 6.00. The molecule has 5 nitrogen and oxygen atoms in total. The van der Waals surface area contributed by atoms with Crippen LogP contribution < -0.4 is 11.1 Å². The Bertz CT molecular complexity index is 667. The van der Waals surface area contributed by atoms with Crippen LogP contribution in [0.15, 0.2) is 40.7 Å². The smallest absolute Gasteiger partial charge is 0.189 e. The second-order valence-corrected chi connectivity index (χ2v) is 6.88. The molecule has 1 saturated heterocycles. The van der Waals surface area contributed by atoms with E-state index in [-0.39, 0.29) is 0 Å². The number of benzene rings is 1. The fourth-order valence-electron chi connectivity index (χ4n) is 3.08. The number of rotatable bonds is 6. The van der Waals surface area contributed by atoms with Gasteiger partial charge in [-0.1, -0.05) is 37.3 Å². The fourth-order valence-corrected chi connectivity index (χ4v) is 3.90. The molecule has 1 fully saturated rings. The Kier molecular flexibility index (Phi) is 5.82. The molecule has 0 saturated carbocycles. The van der Waals surface area contributed by atoms with Crippen LogP contribution in [-0.2, 0) is 6.54 Å². The molecular weight excluding hydrogens is 318 g/mol. The molecular formula is C18H25N5S. The summed E-state index contributed by atoms with van der Waals surface area (Å²) in [6, 6.07) is 10.8. The average molecular weight is 344 g/mol. The minimum atomic E-state index is 0.507. The lowest BCUT2D eigenvalue weighted by atomic mass is 10.2. The van der Waals surface area contributed by atoms with Crippen LogP contribution >= 0.6 is 11.3 Å². The molecule has 2 aromatic rings. The molecule has 24 heavy (non-hydrogen) atoms. The van der Waals surface area contributed by atoms with Gasteiger partial charge in [-0.25, -0.2) is 9.98 Å². The van der Waals surface area contributed by atoms with E-state index < -0.39 is 0 Å². The number of hydrogen-bond donors (Lipinski definition) is 2. The molecule has 0 bridgehead atoms. The van der Waals surface area contributed by atoms with Crippen molar-refractivity contribution in [1.82, 2.24) is 15.2 Å². The third kappa shape index (κ3) is 4.33. The zero-order chi connectivity index (χ0) is 16.8. The van der Waals surface area contributed by atoms with Crippen molar-refractivity contribution >= 4 is 17.3 Å². The Labute approximate surface area is 147 Å². The lowest BCUT2D eigenvalue weighted by Crippen LogP contribution is -2.42. The van der Waals surface area contributed by atoms with Gasteiger partial charge in [0.05, 0.1) is 12.2 Å². The molecule has 0 aliphatic carbocycles. The van der Waals surface area contributed by atoms with Crippen LogP contribution in [0.3, 0.4) is 0 Å². The van der Waals surface area contributed by atoms with Crippen LogP contribution in [0.2, 0.25) is 0 Å². The molecule has 3 rings (SSSR count). The van der Waals surface area contributed by atoms with Gasteiger partial charge in [0.25, 0.3) is 0 Å². The van der Waals surface area contributed by atoms with Gasteiger partial charge in [-0.2, -0.15) is 0 Å². The number of likely N-dealkylation sites (tertiary alicyclic amines) is 1. The first-order valence-electron chi connectivity index (χ1n) is 8.54. The van der Waals surface area contributed by atoms with Crippen molar-refractivity contribution in [3.05, 3.63) is 41.4 Å². The molecule has 6 heteroatoms. The minimum Gasteiger partial charge on any atom is -0.370 e. The number of likely N-dealkylation sites (N-methyl/N-ethyl adjacent to an activating group) is 1. The molecule has 1 aromatic heterocycles. The van der Waals surface area contributed by atoms with Gasteiger partial charge in [-0.15, -0.1) is 11.3 Å². The van der Waals surface area contributed by atoms with E-state index in [1.807, 2.05) is 18.2 Å². The molecule has 128 valence electrons. The molecule has 1 aliphatic heterocycles. The van der Waals surface area contributed by atoms with E-state index in [2.05, 4.69) is 44.6 Å². The van der Waals surface area contributed by atoms with Crippen LogP contribution in [-0.4, -0.2) is 41.5 Å². The van der Waals surface area contributed by atoms with Gasteiger partial charge in [0.1, 0.15) is 5.01 Å². The van der Waals surface area contributed by atoms with Crippen LogP contribution in [0.25, 0.3) is 10.6 Å². The monoisotopic (exact) mass is 343 g/mol. The highest BCUT2D eigenvalue weighted by Gasteiger charge is 2.22. The highest BCUT2D eigenvalue weighted by atomic mass is 32.1. The Morgan fingerprint density at radius 3 is 3.04 bits per heavy atom. The summed E-state index contributed by atoms with van der Waals surface area (Å²) in [5.74, 6) is 0.507. The predicted octanol–water partition coefficient (Wildman–Crippen LogP) is 2.70. The fraction of sp³-hybridized carbons (Fsp3) is 0.444. The van der Waals surface area contributed by atoms with E-state index in [0.29, 0.717) is 18.5 Å². The molecule has 3 N–H and O–H groups in total. The topological polar surface area (TPSA) is 66.5 Å². The van der Waals surface area contributed by atoms with Crippen LogP contribution in [0, 0.1) is 0 Å². The van der Waals surface area contributed by atoms with Crippen molar-refractivity contribution in [3.63, 3.8) is 0 Å². The van der Waals surface area contributed by atoms with Crippen LogP contribution in [0.4, 0.5) is 0 Å². The van der Waals surface area contributed by atoms with Crippen molar-refractivity contribution in [1.29, 1.82) is 0 Å². The minimum absolute atomic E-state index is 0.507. The summed E-state index contributed by atoms with van der Waals surface area (Å²) < 4.78 is 0. The number of nitrogens with two attached hydrogens (primary N) is 1. The maximum absolute atomic E-state index is 6.00. The molecule has 1 unspecified atom stereocenters. The summed E-state index contributed by atoms with van der Waals surface area (Å²) in [4.78, 5) is 11.6. The quantitative estimate of drug-likeness (QED) is 0.625. The highest BCUT2D eigenvalue weighted by molar-refractivity contribution is 7.13. The molecule has 0 amide bonds. The van der Waals surface area contributed by atoms with Crippen molar-refractivity contribution in [3.8, 4) is 10.6 Å². The second kappa shape index (κ2) is 8.26. The Hall–Kier alpha value is -1.92. The molecule has 1 aliphatic rings. The third-order valence-corrected chi connectivity index (χ3v) is 5.35. The van der Waals surface area contributed by atoms with Gasteiger partial charge in [0, 0.05) is 23.5 Å². The summed E-state index contributed by atoms with van der Waals surface area (Å²) in [5.41, 5.74) is 8.10. The molecule has 2 heterocycles. The Morgan fingerprint density at radius 2 is 2.25 bits per heavy atom. The van der Waals surface area contributed by atoms with Crippen molar-refractivity contribution < 1.29 is 0 Å². The summed E-state index contributed by atoms with van der Waals surface area (Å²) >= 11 is 1.64. The van der Waals surface area contributed by atoms with Gasteiger partial charge in [0.2, 0.25) is 0 Å². The zero-order valence-electron chi connectivity index (χ0n) is 14.1. The first-order chi connectivity index (χ1) is 11.8. The Morgan fingerprint density at radius 1 is 1.42 bits per heavy atom. The lowest BCUT2D eigenvalue weighted by molar-refractivity contribution is 0.267. The first kappa shape index (κ1) is 16.9. The number of guanidine groups is 1. The zero-order valence-corrected chi connectivity index (χ0v) is 14.9. The summed E-state index contributed by atoms with van der Waals surface area (Å²) in [7, 11) is 0. The van der Waals surface area contributed by atoms with E-state index in [0.717, 1.165) is 29.4 Å². The van der Waals surface area contributed by atoms with Crippen molar-refractivity contribution in [2.24, 2.45) is 10.7 Å². The lowest BCUT2D eigenvalue weighted by Gasteiger charge is -2.23. The van der Waals surface area contributed by atoms with Crippen LogP contribution in [0.1, 0.15) is 25.5 Å². The predicted molar refractivity (Wildman–Crippen MR) is 101 cm³/mol. The molecule has 1 aromatic carbocycles.